The molecule has 2 heterocycles. The van der Waals surface area contributed by atoms with Crippen LogP contribution in [0, 0.1) is 5.82 Å². The normalized spacial score (nSPS) is 14.1. The van der Waals surface area contributed by atoms with Crippen LogP contribution in [0.3, 0.4) is 0 Å². The zero-order valence-corrected chi connectivity index (χ0v) is 19.5. The van der Waals surface area contributed by atoms with Crippen molar-refractivity contribution >= 4 is 45.6 Å². The average Bonchev–Trinajstić information content (AvgIpc) is 3.26. The Labute approximate surface area is 202 Å². The molecule has 3 aromatic carbocycles. The molecular weight excluding hydrogens is 459 g/mol. The van der Waals surface area contributed by atoms with E-state index in [0.717, 1.165) is 53.5 Å². The molecule has 1 fully saturated rings. The lowest BCUT2D eigenvalue weighted by molar-refractivity contribution is 0.102. The van der Waals surface area contributed by atoms with Gasteiger partial charge in [0.1, 0.15) is 10.8 Å². The summed E-state index contributed by atoms with van der Waals surface area (Å²) in [6, 6.07) is 19.5. The molecule has 1 saturated heterocycles. The molecule has 0 radical (unpaired) electrons. The van der Waals surface area contributed by atoms with E-state index in [9.17, 15) is 9.18 Å². The monoisotopic (exact) mass is 482 g/mol. The number of hydrogen-bond acceptors (Lipinski definition) is 5. The molecule has 0 saturated carbocycles. The fraction of sp³-hybridized carbons (Fsp3) is 0.200. The molecule has 8 heteroatoms. The first-order valence-corrected chi connectivity index (χ1v) is 11.5. The number of fused-ring (bicyclic) bond motifs is 1. The molecule has 2 N–H and O–H groups in total. The predicted octanol–water partition coefficient (Wildman–Crippen LogP) is 5.18. The fourth-order valence-corrected chi connectivity index (χ4v) is 4.99. The maximum Gasteiger partial charge on any atom is 0.255 e. The second kappa shape index (κ2) is 10.4. The molecule has 0 atom stereocenters. The second-order valence-corrected chi connectivity index (χ2v) is 8.85. The molecule has 33 heavy (non-hydrogen) atoms. The highest BCUT2D eigenvalue weighted by molar-refractivity contribution is 7.21. The molecule has 1 aromatic heterocycles. The SMILES string of the molecule is Cl.O=C(Nc1ccccc1-c1nc2c(CN3CCNCC3)cccc2s1)c1ccc(F)cc1. The van der Waals surface area contributed by atoms with Crippen molar-refractivity contribution in [3.05, 3.63) is 83.7 Å². The van der Waals surface area contributed by atoms with Gasteiger partial charge in [-0.15, -0.1) is 23.7 Å². The molecule has 1 aliphatic heterocycles. The summed E-state index contributed by atoms with van der Waals surface area (Å²) in [6.45, 7) is 4.97. The van der Waals surface area contributed by atoms with Gasteiger partial charge < -0.3 is 10.6 Å². The average molecular weight is 483 g/mol. The minimum absolute atomic E-state index is 0. The minimum Gasteiger partial charge on any atom is -0.321 e. The third-order valence-corrected chi connectivity index (χ3v) is 6.67. The van der Waals surface area contributed by atoms with Gasteiger partial charge in [-0.2, -0.15) is 0 Å². The van der Waals surface area contributed by atoms with Crippen molar-refractivity contribution < 1.29 is 9.18 Å². The lowest BCUT2D eigenvalue weighted by atomic mass is 10.1. The predicted molar refractivity (Wildman–Crippen MR) is 135 cm³/mol. The number of amides is 1. The Morgan fingerprint density at radius 1 is 1.03 bits per heavy atom. The summed E-state index contributed by atoms with van der Waals surface area (Å²) >= 11 is 1.62. The summed E-state index contributed by atoms with van der Waals surface area (Å²) in [5.74, 6) is -0.647. The number of anilines is 1. The van der Waals surface area contributed by atoms with E-state index in [4.69, 9.17) is 4.98 Å². The van der Waals surface area contributed by atoms with Gasteiger partial charge in [0.25, 0.3) is 5.91 Å². The summed E-state index contributed by atoms with van der Waals surface area (Å²) < 4.78 is 14.3. The van der Waals surface area contributed by atoms with Gasteiger partial charge in [0, 0.05) is 43.9 Å². The lowest BCUT2D eigenvalue weighted by Gasteiger charge is -2.27. The van der Waals surface area contributed by atoms with Crippen LogP contribution in [0.15, 0.2) is 66.7 Å². The Hall–Kier alpha value is -2.84. The fourth-order valence-electron chi connectivity index (χ4n) is 3.93. The quantitative estimate of drug-likeness (QED) is 0.411. The lowest BCUT2D eigenvalue weighted by Crippen LogP contribution is -2.42. The van der Waals surface area contributed by atoms with Crippen LogP contribution in [0.1, 0.15) is 15.9 Å². The van der Waals surface area contributed by atoms with Crippen LogP contribution in [0.5, 0.6) is 0 Å². The van der Waals surface area contributed by atoms with Gasteiger partial charge >= 0.3 is 0 Å². The summed E-state index contributed by atoms with van der Waals surface area (Å²) in [5.41, 5.74) is 4.20. The van der Waals surface area contributed by atoms with E-state index >= 15 is 0 Å². The van der Waals surface area contributed by atoms with Gasteiger partial charge in [0.05, 0.1) is 15.9 Å². The third kappa shape index (κ3) is 5.23. The number of thiazole rings is 1. The van der Waals surface area contributed by atoms with Gasteiger partial charge in [-0.05, 0) is 48.0 Å². The zero-order valence-electron chi connectivity index (χ0n) is 17.9. The van der Waals surface area contributed by atoms with Crippen molar-refractivity contribution in [2.75, 3.05) is 31.5 Å². The van der Waals surface area contributed by atoms with Crippen LogP contribution in [-0.2, 0) is 6.54 Å². The molecule has 0 spiro atoms. The zero-order chi connectivity index (χ0) is 21.9. The Bertz CT molecular complexity index is 1250. The number of carbonyl (C=O) groups excluding carboxylic acids is 1. The van der Waals surface area contributed by atoms with Crippen molar-refractivity contribution in [1.29, 1.82) is 0 Å². The molecule has 5 rings (SSSR count). The molecule has 5 nitrogen and oxygen atoms in total. The van der Waals surface area contributed by atoms with Gasteiger partial charge in [-0.3, -0.25) is 9.69 Å². The number of nitrogens with zero attached hydrogens (tertiary/aromatic N) is 2. The Kier molecular flexibility index (Phi) is 7.35. The molecule has 1 amide bonds. The minimum atomic E-state index is -0.368. The van der Waals surface area contributed by atoms with E-state index < -0.39 is 0 Å². The molecule has 1 aliphatic rings. The number of carbonyl (C=O) groups is 1. The maximum atomic E-state index is 13.2. The number of halogens is 2. The van der Waals surface area contributed by atoms with Gasteiger partial charge in [-0.25, -0.2) is 9.37 Å². The van der Waals surface area contributed by atoms with Crippen LogP contribution in [-0.4, -0.2) is 42.0 Å². The number of hydrogen-bond donors (Lipinski definition) is 2. The molecule has 170 valence electrons. The van der Waals surface area contributed by atoms with Gasteiger partial charge in [0.2, 0.25) is 0 Å². The molecule has 0 unspecified atom stereocenters. The summed E-state index contributed by atoms with van der Waals surface area (Å²) in [7, 11) is 0. The van der Waals surface area contributed by atoms with E-state index in [-0.39, 0.29) is 24.1 Å². The van der Waals surface area contributed by atoms with Crippen molar-refractivity contribution in [2.45, 2.75) is 6.54 Å². The highest BCUT2D eigenvalue weighted by Crippen LogP contribution is 2.36. The van der Waals surface area contributed by atoms with E-state index in [1.54, 1.807) is 11.3 Å². The third-order valence-electron chi connectivity index (χ3n) is 5.62. The maximum absolute atomic E-state index is 13.2. The van der Waals surface area contributed by atoms with Crippen molar-refractivity contribution in [3.63, 3.8) is 0 Å². The number of nitrogens with one attached hydrogen (secondary N) is 2. The summed E-state index contributed by atoms with van der Waals surface area (Å²) in [4.78, 5) is 20.1. The van der Waals surface area contributed by atoms with Crippen LogP contribution >= 0.6 is 23.7 Å². The number of para-hydroxylation sites is 2. The standard InChI is InChI=1S/C25H23FN4OS.ClH/c26-19-10-8-17(9-11-19)24(31)28-21-6-2-1-5-20(21)25-29-23-18(4-3-7-22(23)32-25)16-30-14-12-27-13-15-30;/h1-11,27H,12-16H2,(H,28,31);1H. The number of piperazine rings is 1. The summed E-state index contributed by atoms with van der Waals surface area (Å²) in [5, 5.41) is 7.21. The first kappa shape index (κ1) is 23.3. The van der Waals surface area contributed by atoms with Crippen molar-refractivity contribution in [3.8, 4) is 10.6 Å². The van der Waals surface area contributed by atoms with E-state index in [2.05, 4.69) is 33.7 Å². The smallest absolute Gasteiger partial charge is 0.255 e. The van der Waals surface area contributed by atoms with Crippen LogP contribution in [0.25, 0.3) is 20.8 Å². The molecule has 4 aromatic rings. The van der Waals surface area contributed by atoms with Gasteiger partial charge in [0.15, 0.2) is 0 Å². The van der Waals surface area contributed by atoms with E-state index in [1.807, 2.05) is 24.3 Å². The second-order valence-electron chi connectivity index (χ2n) is 7.82. The number of benzene rings is 3. The van der Waals surface area contributed by atoms with Crippen LogP contribution in [0.2, 0.25) is 0 Å². The number of rotatable bonds is 5. The van der Waals surface area contributed by atoms with Crippen LogP contribution in [0.4, 0.5) is 10.1 Å². The Balaban J connectivity index is 0.00000259. The first-order valence-electron chi connectivity index (χ1n) is 10.7. The number of aromatic nitrogens is 1. The van der Waals surface area contributed by atoms with E-state index in [1.165, 1.54) is 29.8 Å². The Morgan fingerprint density at radius 3 is 2.58 bits per heavy atom. The topological polar surface area (TPSA) is 57.3 Å². The highest BCUT2D eigenvalue weighted by Gasteiger charge is 2.17. The van der Waals surface area contributed by atoms with Gasteiger partial charge in [-0.1, -0.05) is 24.3 Å². The summed E-state index contributed by atoms with van der Waals surface area (Å²) in [6.07, 6.45) is 0. The first-order chi connectivity index (χ1) is 15.7. The van der Waals surface area contributed by atoms with E-state index in [0.29, 0.717) is 11.3 Å². The van der Waals surface area contributed by atoms with Crippen LogP contribution < -0.4 is 10.6 Å². The molecule has 0 aliphatic carbocycles. The highest BCUT2D eigenvalue weighted by atomic mass is 35.5. The molecular formula is C25H24ClFN4OS. The largest absolute Gasteiger partial charge is 0.321 e. The molecule has 0 bridgehead atoms. The van der Waals surface area contributed by atoms with Crippen molar-refractivity contribution in [1.82, 2.24) is 15.2 Å². The van der Waals surface area contributed by atoms with Crippen molar-refractivity contribution in [2.24, 2.45) is 0 Å². The Morgan fingerprint density at radius 2 is 1.79 bits per heavy atom.